The van der Waals surface area contributed by atoms with Gasteiger partial charge >= 0.3 is 12.1 Å². The molecule has 20 heavy (non-hydrogen) atoms. The van der Waals surface area contributed by atoms with E-state index in [1.54, 1.807) is 27.7 Å². The van der Waals surface area contributed by atoms with Crippen molar-refractivity contribution < 1.29 is 23.5 Å². The molecule has 1 fully saturated rings. The minimum absolute atomic E-state index is 0.112. The molecule has 1 saturated heterocycles. The second kappa shape index (κ2) is 6.72. The van der Waals surface area contributed by atoms with Crippen LogP contribution in [-0.2, 0) is 14.3 Å². The summed E-state index contributed by atoms with van der Waals surface area (Å²) < 4.78 is 23.5. The fraction of sp³-hybridized carbons (Fsp3) is 0.714. The molecule has 0 aromatic rings. The summed E-state index contributed by atoms with van der Waals surface area (Å²) in [5.74, 6) is -1.96. The highest BCUT2D eigenvalue weighted by Crippen LogP contribution is 2.23. The van der Waals surface area contributed by atoms with Gasteiger partial charge in [0.15, 0.2) is 0 Å². The van der Waals surface area contributed by atoms with Gasteiger partial charge in [-0.15, -0.1) is 0 Å². The summed E-state index contributed by atoms with van der Waals surface area (Å²) in [5, 5.41) is 0. The van der Waals surface area contributed by atoms with E-state index < -0.39 is 29.5 Å². The van der Waals surface area contributed by atoms with E-state index >= 15 is 0 Å². The molecule has 1 aliphatic heterocycles. The molecule has 6 heteroatoms. The fourth-order valence-electron chi connectivity index (χ4n) is 1.95. The van der Waals surface area contributed by atoms with Crippen molar-refractivity contribution in [2.75, 3.05) is 13.2 Å². The topological polar surface area (TPSA) is 55.8 Å². The summed E-state index contributed by atoms with van der Waals surface area (Å²) in [6, 6.07) is -0.464. The second-order valence-electron chi connectivity index (χ2n) is 5.62. The number of hydrogen-bond donors (Lipinski definition) is 0. The van der Waals surface area contributed by atoms with E-state index in [-0.39, 0.29) is 6.61 Å². The summed E-state index contributed by atoms with van der Waals surface area (Å²) in [7, 11) is 0. The van der Waals surface area contributed by atoms with Crippen LogP contribution < -0.4 is 0 Å². The molecule has 0 N–H and O–H groups in total. The molecule has 1 rings (SSSR count). The van der Waals surface area contributed by atoms with Gasteiger partial charge in [0.25, 0.3) is 0 Å². The molecule has 1 amide bonds. The smallest absolute Gasteiger partial charge is 0.410 e. The van der Waals surface area contributed by atoms with E-state index in [0.717, 1.165) is 12.5 Å². The summed E-state index contributed by atoms with van der Waals surface area (Å²) in [4.78, 5) is 24.7. The van der Waals surface area contributed by atoms with E-state index in [9.17, 15) is 14.0 Å². The largest absolute Gasteiger partial charge is 0.461 e. The van der Waals surface area contributed by atoms with E-state index in [2.05, 4.69) is 4.74 Å². The predicted octanol–water partition coefficient (Wildman–Crippen LogP) is 2.80. The lowest BCUT2D eigenvalue weighted by atomic mass is 10.2. The Morgan fingerprint density at radius 1 is 1.40 bits per heavy atom. The minimum atomic E-state index is -0.997. The monoisotopic (exact) mass is 287 g/mol. The number of rotatable bonds is 3. The van der Waals surface area contributed by atoms with Gasteiger partial charge < -0.3 is 14.4 Å². The molecule has 0 aromatic carbocycles. The van der Waals surface area contributed by atoms with Gasteiger partial charge in [-0.2, -0.15) is 4.39 Å². The molecule has 0 aliphatic carbocycles. The lowest BCUT2D eigenvalue weighted by molar-refractivity contribution is -0.140. The molecular weight excluding hydrogens is 265 g/mol. The average Bonchev–Trinajstić information content (AvgIpc) is 2.75. The third-order valence-corrected chi connectivity index (χ3v) is 2.74. The zero-order valence-corrected chi connectivity index (χ0v) is 12.4. The fourth-order valence-corrected chi connectivity index (χ4v) is 1.95. The molecule has 1 unspecified atom stereocenters. The van der Waals surface area contributed by atoms with Crippen LogP contribution >= 0.6 is 0 Å². The standard InChI is InChI=1S/C14H22FNO4/c1-5-19-12(17)11(15)9-10-7-6-8-16(10)13(18)20-14(2,3)4/h9-10H,5-8H2,1-4H3/b11-9-. The Labute approximate surface area is 118 Å². The van der Waals surface area contributed by atoms with Crippen molar-refractivity contribution >= 4 is 12.1 Å². The lowest BCUT2D eigenvalue weighted by Crippen LogP contribution is -2.39. The van der Waals surface area contributed by atoms with Crippen LogP contribution in [0.5, 0.6) is 0 Å². The first-order valence-electron chi connectivity index (χ1n) is 6.78. The number of carbonyl (C=O) groups is 2. The number of likely N-dealkylation sites (tertiary alicyclic amines) is 1. The van der Waals surface area contributed by atoms with Crippen LogP contribution in [-0.4, -0.2) is 41.8 Å². The van der Waals surface area contributed by atoms with Crippen LogP contribution in [0.3, 0.4) is 0 Å². The number of esters is 1. The van der Waals surface area contributed by atoms with Crippen LogP contribution in [0.4, 0.5) is 9.18 Å². The van der Waals surface area contributed by atoms with Gasteiger partial charge in [0, 0.05) is 6.54 Å². The van der Waals surface area contributed by atoms with E-state index in [0.29, 0.717) is 13.0 Å². The van der Waals surface area contributed by atoms with Gasteiger partial charge in [0.1, 0.15) is 5.60 Å². The Hall–Kier alpha value is -1.59. The quantitative estimate of drug-likeness (QED) is 0.591. The molecule has 5 nitrogen and oxygen atoms in total. The Morgan fingerprint density at radius 2 is 2.05 bits per heavy atom. The molecular formula is C14H22FNO4. The summed E-state index contributed by atoms with van der Waals surface area (Å²) in [6.45, 7) is 7.52. The van der Waals surface area contributed by atoms with Crippen molar-refractivity contribution in [3.63, 3.8) is 0 Å². The highest BCUT2D eigenvalue weighted by atomic mass is 19.1. The third-order valence-electron chi connectivity index (χ3n) is 2.74. The van der Waals surface area contributed by atoms with Crippen molar-refractivity contribution in [1.29, 1.82) is 0 Å². The molecule has 1 heterocycles. The SMILES string of the molecule is CCOC(=O)/C(F)=C/C1CCCN1C(=O)OC(C)(C)C. The van der Waals surface area contributed by atoms with Crippen LogP contribution in [0, 0.1) is 0 Å². The highest BCUT2D eigenvalue weighted by Gasteiger charge is 2.32. The van der Waals surface area contributed by atoms with Gasteiger partial charge in [-0.1, -0.05) is 0 Å². The Kier molecular flexibility index (Phi) is 5.53. The number of hydrogen-bond acceptors (Lipinski definition) is 4. The van der Waals surface area contributed by atoms with Crippen LogP contribution in [0.15, 0.2) is 11.9 Å². The Morgan fingerprint density at radius 3 is 2.60 bits per heavy atom. The van der Waals surface area contributed by atoms with Crippen LogP contribution in [0.1, 0.15) is 40.5 Å². The minimum Gasteiger partial charge on any atom is -0.461 e. The van der Waals surface area contributed by atoms with E-state index in [4.69, 9.17) is 4.74 Å². The molecule has 0 saturated carbocycles. The van der Waals surface area contributed by atoms with Gasteiger partial charge in [-0.3, -0.25) is 0 Å². The summed E-state index contributed by atoms with van der Waals surface area (Å²) in [6.07, 6.45) is 1.99. The van der Waals surface area contributed by atoms with Crippen molar-refractivity contribution in [2.24, 2.45) is 0 Å². The Balaban J connectivity index is 2.72. The average molecular weight is 287 g/mol. The normalized spacial score (nSPS) is 19.9. The summed E-state index contributed by atoms with van der Waals surface area (Å²) >= 11 is 0. The lowest BCUT2D eigenvalue weighted by Gasteiger charge is -2.27. The molecule has 0 bridgehead atoms. The van der Waals surface area contributed by atoms with Gasteiger partial charge in [-0.25, -0.2) is 9.59 Å². The van der Waals surface area contributed by atoms with Gasteiger partial charge in [-0.05, 0) is 46.6 Å². The Bertz CT molecular complexity index is 400. The van der Waals surface area contributed by atoms with E-state index in [1.165, 1.54) is 4.90 Å². The molecule has 114 valence electrons. The molecule has 1 aliphatic rings. The third kappa shape index (κ3) is 4.83. The maximum atomic E-state index is 13.6. The zero-order chi connectivity index (χ0) is 15.3. The number of carbonyl (C=O) groups excluding carboxylic acids is 2. The van der Waals surface area contributed by atoms with Crippen molar-refractivity contribution in [3.05, 3.63) is 11.9 Å². The first-order chi connectivity index (χ1) is 9.24. The van der Waals surface area contributed by atoms with Crippen molar-refractivity contribution in [1.82, 2.24) is 4.90 Å². The molecule has 0 radical (unpaired) electrons. The number of ether oxygens (including phenoxy) is 2. The second-order valence-corrected chi connectivity index (χ2v) is 5.62. The number of amides is 1. The maximum absolute atomic E-state index is 13.6. The van der Waals surface area contributed by atoms with E-state index in [1.807, 2.05) is 0 Å². The highest BCUT2D eigenvalue weighted by molar-refractivity contribution is 5.86. The van der Waals surface area contributed by atoms with Crippen molar-refractivity contribution in [2.45, 2.75) is 52.2 Å². The number of halogens is 1. The summed E-state index contributed by atoms with van der Waals surface area (Å²) in [5.41, 5.74) is -0.604. The maximum Gasteiger partial charge on any atom is 0.410 e. The van der Waals surface area contributed by atoms with Crippen LogP contribution in [0.2, 0.25) is 0 Å². The van der Waals surface area contributed by atoms with Crippen LogP contribution in [0.25, 0.3) is 0 Å². The molecule has 1 atom stereocenters. The molecule has 0 spiro atoms. The first-order valence-corrected chi connectivity index (χ1v) is 6.78. The number of nitrogens with zero attached hydrogens (tertiary/aromatic N) is 1. The zero-order valence-electron chi connectivity index (χ0n) is 12.4. The first kappa shape index (κ1) is 16.5. The molecule has 0 aromatic heterocycles. The van der Waals surface area contributed by atoms with Gasteiger partial charge in [0.2, 0.25) is 5.83 Å². The van der Waals surface area contributed by atoms with Crippen molar-refractivity contribution in [3.8, 4) is 0 Å². The van der Waals surface area contributed by atoms with Gasteiger partial charge in [0.05, 0.1) is 12.6 Å². The predicted molar refractivity (Wildman–Crippen MR) is 71.8 cm³/mol.